The van der Waals surface area contributed by atoms with Gasteiger partial charge < -0.3 is 10.8 Å². The molecule has 1 amide bonds. The molecule has 0 spiro atoms. The molecule has 2 aromatic rings. The molecular formula is C16H17N3O2. The van der Waals surface area contributed by atoms with Crippen LogP contribution >= 0.6 is 0 Å². The van der Waals surface area contributed by atoms with Crippen LogP contribution in [0.1, 0.15) is 21.5 Å². The third-order valence-electron chi connectivity index (χ3n) is 2.91. The molecule has 0 aliphatic rings. The second-order valence-corrected chi connectivity index (χ2v) is 4.66. The number of nitrogens with zero attached hydrogens (tertiary/aromatic N) is 1. The SMILES string of the molecule is Cc1ccc(O)c(C(=O)NC(N)=NCc2ccccc2)c1. The molecule has 4 N–H and O–H groups in total. The Balaban J connectivity index is 2.03. The fraction of sp³-hybridized carbons (Fsp3) is 0.125. The molecule has 2 aromatic carbocycles. The van der Waals surface area contributed by atoms with Crippen molar-refractivity contribution in [3.05, 3.63) is 65.2 Å². The topological polar surface area (TPSA) is 87.7 Å². The van der Waals surface area contributed by atoms with Crippen LogP contribution in [0.4, 0.5) is 0 Å². The minimum absolute atomic E-state index is 0.0183. The van der Waals surface area contributed by atoms with Gasteiger partial charge in [-0.25, -0.2) is 4.99 Å². The number of hydrogen-bond acceptors (Lipinski definition) is 3. The number of phenolic OH excluding ortho intramolecular Hbond substituents is 1. The lowest BCUT2D eigenvalue weighted by Crippen LogP contribution is -2.36. The Kier molecular flexibility index (Phi) is 4.56. The Labute approximate surface area is 123 Å². The van der Waals surface area contributed by atoms with Gasteiger partial charge in [0.2, 0.25) is 0 Å². The van der Waals surface area contributed by atoms with Crippen molar-refractivity contribution >= 4 is 11.9 Å². The molecule has 5 nitrogen and oxygen atoms in total. The summed E-state index contributed by atoms with van der Waals surface area (Å²) in [5.41, 5.74) is 7.72. The highest BCUT2D eigenvalue weighted by Crippen LogP contribution is 2.17. The number of rotatable bonds is 3. The lowest BCUT2D eigenvalue weighted by molar-refractivity contribution is 0.0974. The summed E-state index contributed by atoms with van der Waals surface area (Å²) in [6, 6.07) is 14.4. The van der Waals surface area contributed by atoms with Gasteiger partial charge in [0.15, 0.2) is 5.96 Å². The van der Waals surface area contributed by atoms with Crippen LogP contribution in [-0.2, 0) is 6.54 Å². The summed E-state index contributed by atoms with van der Waals surface area (Å²) < 4.78 is 0. The number of aromatic hydroxyl groups is 1. The van der Waals surface area contributed by atoms with E-state index in [1.165, 1.54) is 6.07 Å². The van der Waals surface area contributed by atoms with E-state index in [0.717, 1.165) is 11.1 Å². The van der Waals surface area contributed by atoms with Gasteiger partial charge in [-0.3, -0.25) is 10.1 Å². The summed E-state index contributed by atoms with van der Waals surface area (Å²) >= 11 is 0. The quantitative estimate of drug-likeness (QED) is 0.594. The minimum atomic E-state index is -0.481. The highest BCUT2D eigenvalue weighted by Gasteiger charge is 2.11. The van der Waals surface area contributed by atoms with Gasteiger partial charge in [0, 0.05) is 0 Å². The molecule has 0 heterocycles. The Morgan fingerprint density at radius 3 is 2.67 bits per heavy atom. The molecule has 0 aromatic heterocycles. The standard InChI is InChI=1S/C16H17N3O2/c1-11-7-8-14(20)13(9-11)15(21)19-16(17)18-10-12-5-3-2-4-6-12/h2-9,20H,10H2,1H3,(H3,17,18,19,21). The van der Waals surface area contributed by atoms with Crippen LogP contribution < -0.4 is 11.1 Å². The summed E-state index contributed by atoms with van der Waals surface area (Å²) in [4.78, 5) is 16.1. The molecule has 0 fully saturated rings. The van der Waals surface area contributed by atoms with E-state index < -0.39 is 5.91 Å². The largest absolute Gasteiger partial charge is 0.507 e. The van der Waals surface area contributed by atoms with E-state index in [1.54, 1.807) is 12.1 Å². The third-order valence-corrected chi connectivity index (χ3v) is 2.91. The predicted molar refractivity (Wildman–Crippen MR) is 82.1 cm³/mol. The third kappa shape index (κ3) is 4.07. The maximum absolute atomic E-state index is 12.0. The van der Waals surface area contributed by atoms with Crippen molar-refractivity contribution in [3.8, 4) is 5.75 Å². The highest BCUT2D eigenvalue weighted by atomic mass is 16.3. The molecule has 21 heavy (non-hydrogen) atoms. The van der Waals surface area contributed by atoms with Gasteiger partial charge in [-0.2, -0.15) is 0 Å². The van der Waals surface area contributed by atoms with E-state index in [2.05, 4.69) is 10.3 Å². The molecule has 0 aliphatic heterocycles. The number of aryl methyl sites for hydroxylation is 1. The van der Waals surface area contributed by atoms with Crippen molar-refractivity contribution < 1.29 is 9.90 Å². The van der Waals surface area contributed by atoms with E-state index in [0.29, 0.717) is 6.54 Å². The van der Waals surface area contributed by atoms with Crippen LogP contribution in [0, 0.1) is 6.92 Å². The van der Waals surface area contributed by atoms with E-state index in [4.69, 9.17) is 5.73 Å². The molecular weight excluding hydrogens is 266 g/mol. The van der Waals surface area contributed by atoms with Crippen LogP contribution in [-0.4, -0.2) is 17.0 Å². The zero-order valence-electron chi connectivity index (χ0n) is 11.7. The van der Waals surface area contributed by atoms with E-state index in [1.807, 2.05) is 37.3 Å². The Morgan fingerprint density at radius 2 is 1.95 bits per heavy atom. The monoisotopic (exact) mass is 283 g/mol. The summed E-state index contributed by atoms with van der Waals surface area (Å²) in [5, 5.41) is 12.1. The van der Waals surface area contributed by atoms with Gasteiger partial charge in [-0.15, -0.1) is 0 Å². The van der Waals surface area contributed by atoms with E-state index >= 15 is 0 Å². The minimum Gasteiger partial charge on any atom is -0.507 e. The first-order valence-corrected chi connectivity index (χ1v) is 6.51. The number of hydrogen-bond donors (Lipinski definition) is 3. The molecule has 0 atom stereocenters. The summed E-state index contributed by atoms with van der Waals surface area (Å²) in [6.45, 7) is 2.22. The highest BCUT2D eigenvalue weighted by molar-refractivity contribution is 6.06. The second-order valence-electron chi connectivity index (χ2n) is 4.66. The normalized spacial score (nSPS) is 11.2. The van der Waals surface area contributed by atoms with E-state index in [9.17, 15) is 9.90 Å². The maximum Gasteiger partial charge on any atom is 0.261 e. The van der Waals surface area contributed by atoms with Gasteiger partial charge in [-0.05, 0) is 24.6 Å². The van der Waals surface area contributed by atoms with E-state index in [-0.39, 0.29) is 17.3 Å². The molecule has 5 heteroatoms. The number of amides is 1. The fourth-order valence-electron chi connectivity index (χ4n) is 1.81. The molecule has 108 valence electrons. The van der Waals surface area contributed by atoms with Crippen LogP contribution in [0.25, 0.3) is 0 Å². The van der Waals surface area contributed by atoms with Gasteiger partial charge in [0.25, 0.3) is 5.91 Å². The summed E-state index contributed by atoms with van der Waals surface area (Å²) in [5.74, 6) is -0.552. The fourth-order valence-corrected chi connectivity index (χ4v) is 1.81. The van der Waals surface area contributed by atoms with Gasteiger partial charge in [0.05, 0.1) is 12.1 Å². The Morgan fingerprint density at radius 1 is 1.24 bits per heavy atom. The lowest BCUT2D eigenvalue weighted by Gasteiger charge is -2.07. The van der Waals surface area contributed by atoms with Gasteiger partial charge >= 0.3 is 0 Å². The van der Waals surface area contributed by atoms with Crippen molar-refractivity contribution in [2.45, 2.75) is 13.5 Å². The molecule has 2 rings (SSSR count). The van der Waals surface area contributed by atoms with Crippen molar-refractivity contribution in [2.75, 3.05) is 0 Å². The van der Waals surface area contributed by atoms with Crippen LogP contribution in [0.15, 0.2) is 53.5 Å². The number of nitrogens with one attached hydrogen (secondary N) is 1. The lowest BCUT2D eigenvalue weighted by atomic mass is 10.1. The Bertz CT molecular complexity index is 666. The molecule has 0 bridgehead atoms. The van der Waals surface area contributed by atoms with Crippen LogP contribution in [0.2, 0.25) is 0 Å². The molecule has 0 saturated carbocycles. The smallest absolute Gasteiger partial charge is 0.261 e. The first-order chi connectivity index (χ1) is 10.1. The number of aliphatic imine (C=N–C) groups is 1. The molecule has 0 aliphatic carbocycles. The average molecular weight is 283 g/mol. The van der Waals surface area contributed by atoms with Crippen LogP contribution in [0.3, 0.4) is 0 Å². The van der Waals surface area contributed by atoms with Gasteiger partial charge in [0.1, 0.15) is 5.75 Å². The van der Waals surface area contributed by atoms with Crippen molar-refractivity contribution in [2.24, 2.45) is 10.7 Å². The van der Waals surface area contributed by atoms with Crippen molar-refractivity contribution in [1.82, 2.24) is 5.32 Å². The number of phenols is 1. The summed E-state index contributed by atoms with van der Waals surface area (Å²) in [6.07, 6.45) is 0. The van der Waals surface area contributed by atoms with Crippen molar-refractivity contribution in [3.63, 3.8) is 0 Å². The average Bonchev–Trinajstić information content (AvgIpc) is 2.48. The van der Waals surface area contributed by atoms with Crippen molar-refractivity contribution in [1.29, 1.82) is 0 Å². The molecule has 0 saturated heterocycles. The van der Waals surface area contributed by atoms with Crippen LogP contribution in [0.5, 0.6) is 5.75 Å². The zero-order valence-corrected chi connectivity index (χ0v) is 11.7. The number of guanidine groups is 1. The van der Waals surface area contributed by atoms with Gasteiger partial charge in [-0.1, -0.05) is 42.0 Å². The predicted octanol–water partition coefficient (Wildman–Crippen LogP) is 1.95. The number of carbonyl (C=O) groups is 1. The first kappa shape index (κ1) is 14.6. The zero-order chi connectivity index (χ0) is 15.2. The first-order valence-electron chi connectivity index (χ1n) is 6.51. The number of carbonyl (C=O) groups excluding carboxylic acids is 1. The summed E-state index contributed by atoms with van der Waals surface area (Å²) in [7, 11) is 0. The Hall–Kier alpha value is -2.82. The maximum atomic E-state index is 12.0. The number of nitrogens with two attached hydrogens (primary N) is 1. The number of benzene rings is 2. The molecule has 0 radical (unpaired) electrons. The molecule has 0 unspecified atom stereocenters. The second kappa shape index (κ2) is 6.56.